The standard InChI is InChI=1S/C30H22N2O6/c33-27(31-22-12-14-24(15-13-22)38-23-9-5-2-6-10-23)19-37-30(36)21-11-16-25-26(17-21)29(35)32(28(25)34)18-20-7-3-1-4-8-20/h1-17H,18-19H2,(H,31,33). The lowest BCUT2D eigenvalue weighted by atomic mass is 10.1. The average molecular weight is 507 g/mol. The summed E-state index contributed by atoms with van der Waals surface area (Å²) < 4.78 is 10.8. The molecule has 1 N–H and O–H groups in total. The molecule has 0 spiro atoms. The number of amides is 3. The van der Waals surface area contributed by atoms with Crippen LogP contribution in [0, 0.1) is 0 Å². The highest BCUT2D eigenvalue weighted by Crippen LogP contribution is 2.26. The van der Waals surface area contributed by atoms with Crippen LogP contribution < -0.4 is 10.1 Å². The molecule has 8 heteroatoms. The first-order valence-corrected chi connectivity index (χ1v) is 11.8. The second-order valence-corrected chi connectivity index (χ2v) is 8.51. The number of carbonyl (C=O) groups excluding carboxylic acids is 4. The topological polar surface area (TPSA) is 102 Å². The molecule has 0 aliphatic carbocycles. The van der Waals surface area contributed by atoms with Crippen LogP contribution in [-0.4, -0.2) is 35.2 Å². The van der Waals surface area contributed by atoms with E-state index >= 15 is 0 Å². The summed E-state index contributed by atoms with van der Waals surface area (Å²) in [5.74, 6) is -0.924. The van der Waals surface area contributed by atoms with Gasteiger partial charge >= 0.3 is 5.97 Å². The molecule has 0 radical (unpaired) electrons. The highest BCUT2D eigenvalue weighted by molar-refractivity contribution is 6.21. The summed E-state index contributed by atoms with van der Waals surface area (Å²) in [5.41, 5.74) is 1.74. The van der Waals surface area contributed by atoms with E-state index in [1.807, 2.05) is 60.7 Å². The van der Waals surface area contributed by atoms with Gasteiger partial charge in [-0.2, -0.15) is 0 Å². The van der Waals surface area contributed by atoms with Crippen LogP contribution in [0.15, 0.2) is 103 Å². The Hall–Kier alpha value is -5.24. The van der Waals surface area contributed by atoms with E-state index in [9.17, 15) is 19.2 Å². The predicted octanol–water partition coefficient (Wildman–Crippen LogP) is 5.07. The Bertz CT molecular complexity index is 1500. The first-order valence-electron chi connectivity index (χ1n) is 11.8. The first kappa shape index (κ1) is 24.5. The Kier molecular flexibility index (Phi) is 6.95. The van der Waals surface area contributed by atoms with Crippen molar-refractivity contribution in [2.24, 2.45) is 0 Å². The van der Waals surface area contributed by atoms with Crippen molar-refractivity contribution in [3.05, 3.63) is 125 Å². The fraction of sp³-hybridized carbons (Fsp3) is 0.0667. The van der Waals surface area contributed by atoms with Gasteiger partial charge in [-0.1, -0.05) is 48.5 Å². The molecule has 3 amide bonds. The van der Waals surface area contributed by atoms with Crippen molar-refractivity contribution in [3.8, 4) is 11.5 Å². The van der Waals surface area contributed by atoms with Crippen molar-refractivity contribution in [1.82, 2.24) is 4.90 Å². The number of para-hydroxylation sites is 1. The molecule has 0 atom stereocenters. The van der Waals surface area contributed by atoms with Crippen molar-refractivity contribution in [2.75, 3.05) is 11.9 Å². The summed E-state index contributed by atoms with van der Waals surface area (Å²) in [6, 6.07) is 29.4. The van der Waals surface area contributed by atoms with E-state index in [2.05, 4.69) is 5.32 Å². The molecular weight excluding hydrogens is 484 g/mol. The zero-order valence-corrected chi connectivity index (χ0v) is 20.1. The molecule has 0 unspecified atom stereocenters. The van der Waals surface area contributed by atoms with Crippen LogP contribution in [0.4, 0.5) is 5.69 Å². The number of esters is 1. The Morgan fingerprint density at radius 2 is 1.34 bits per heavy atom. The Morgan fingerprint density at radius 1 is 0.711 bits per heavy atom. The number of nitrogens with one attached hydrogen (secondary N) is 1. The lowest BCUT2D eigenvalue weighted by molar-refractivity contribution is -0.119. The number of hydrogen-bond acceptors (Lipinski definition) is 6. The number of hydrogen-bond donors (Lipinski definition) is 1. The molecule has 5 rings (SSSR count). The van der Waals surface area contributed by atoms with Crippen molar-refractivity contribution in [2.45, 2.75) is 6.54 Å². The van der Waals surface area contributed by atoms with Gasteiger partial charge in [-0.15, -0.1) is 0 Å². The van der Waals surface area contributed by atoms with Gasteiger partial charge < -0.3 is 14.8 Å². The SMILES string of the molecule is O=C(COC(=O)c1ccc2c(c1)C(=O)N(Cc1ccccc1)C2=O)Nc1ccc(Oc2ccccc2)cc1. The van der Waals surface area contributed by atoms with Crippen LogP contribution in [0.5, 0.6) is 11.5 Å². The van der Waals surface area contributed by atoms with E-state index in [1.165, 1.54) is 18.2 Å². The Balaban J connectivity index is 1.16. The molecule has 1 aliphatic rings. The number of benzene rings is 4. The van der Waals surface area contributed by atoms with E-state index in [4.69, 9.17) is 9.47 Å². The van der Waals surface area contributed by atoms with Gasteiger partial charge in [0.05, 0.1) is 23.2 Å². The zero-order chi connectivity index (χ0) is 26.5. The maximum atomic E-state index is 12.9. The normalized spacial score (nSPS) is 12.2. The van der Waals surface area contributed by atoms with Crippen molar-refractivity contribution in [1.29, 1.82) is 0 Å². The monoisotopic (exact) mass is 506 g/mol. The number of carbonyl (C=O) groups is 4. The molecule has 1 aliphatic heterocycles. The molecule has 0 bridgehead atoms. The van der Waals surface area contributed by atoms with E-state index in [0.29, 0.717) is 17.2 Å². The minimum atomic E-state index is -0.781. The van der Waals surface area contributed by atoms with E-state index in [1.54, 1.807) is 24.3 Å². The molecule has 188 valence electrons. The van der Waals surface area contributed by atoms with Crippen LogP contribution in [-0.2, 0) is 16.1 Å². The van der Waals surface area contributed by atoms with Crippen LogP contribution in [0.1, 0.15) is 36.6 Å². The molecule has 0 saturated heterocycles. The zero-order valence-electron chi connectivity index (χ0n) is 20.1. The number of ether oxygens (including phenoxy) is 2. The number of fused-ring (bicyclic) bond motifs is 1. The highest BCUT2D eigenvalue weighted by atomic mass is 16.5. The number of rotatable bonds is 8. The molecular formula is C30H22N2O6. The van der Waals surface area contributed by atoms with Gasteiger partial charge in [-0.05, 0) is 60.2 Å². The third-order valence-corrected chi connectivity index (χ3v) is 5.84. The molecule has 0 saturated carbocycles. The smallest absolute Gasteiger partial charge is 0.338 e. The molecule has 38 heavy (non-hydrogen) atoms. The predicted molar refractivity (Wildman–Crippen MR) is 139 cm³/mol. The molecule has 4 aromatic rings. The second kappa shape index (κ2) is 10.8. The third kappa shape index (κ3) is 5.44. The number of nitrogens with zero attached hydrogens (tertiary/aromatic N) is 1. The van der Waals surface area contributed by atoms with E-state index < -0.39 is 30.3 Å². The van der Waals surface area contributed by atoms with Gasteiger partial charge in [0.15, 0.2) is 6.61 Å². The Labute approximate surface area is 218 Å². The molecule has 0 fully saturated rings. The molecule has 4 aromatic carbocycles. The van der Waals surface area contributed by atoms with Crippen LogP contribution in [0.3, 0.4) is 0 Å². The van der Waals surface area contributed by atoms with Crippen LogP contribution >= 0.6 is 0 Å². The summed E-state index contributed by atoms with van der Waals surface area (Å²) in [4.78, 5) is 51.6. The van der Waals surface area contributed by atoms with Crippen LogP contribution in [0.2, 0.25) is 0 Å². The largest absolute Gasteiger partial charge is 0.457 e. The highest BCUT2D eigenvalue weighted by Gasteiger charge is 2.36. The second-order valence-electron chi connectivity index (χ2n) is 8.51. The molecule has 1 heterocycles. The van der Waals surface area contributed by atoms with Gasteiger partial charge in [0.1, 0.15) is 11.5 Å². The van der Waals surface area contributed by atoms with Gasteiger partial charge in [-0.25, -0.2) is 4.79 Å². The van der Waals surface area contributed by atoms with Gasteiger partial charge in [0.25, 0.3) is 17.7 Å². The lowest BCUT2D eigenvalue weighted by Gasteiger charge is -2.13. The van der Waals surface area contributed by atoms with Gasteiger partial charge in [0.2, 0.25) is 0 Å². The molecule has 0 aromatic heterocycles. The van der Waals surface area contributed by atoms with Crippen molar-refractivity contribution < 1.29 is 28.7 Å². The van der Waals surface area contributed by atoms with Crippen molar-refractivity contribution >= 4 is 29.4 Å². The maximum Gasteiger partial charge on any atom is 0.338 e. The summed E-state index contributed by atoms with van der Waals surface area (Å²) in [6.07, 6.45) is 0. The summed E-state index contributed by atoms with van der Waals surface area (Å²) in [7, 11) is 0. The number of anilines is 1. The maximum absolute atomic E-state index is 12.9. The summed E-state index contributed by atoms with van der Waals surface area (Å²) >= 11 is 0. The Morgan fingerprint density at radius 3 is 2.05 bits per heavy atom. The lowest BCUT2D eigenvalue weighted by Crippen LogP contribution is -2.29. The fourth-order valence-electron chi connectivity index (χ4n) is 3.97. The molecule has 8 nitrogen and oxygen atoms in total. The quantitative estimate of drug-likeness (QED) is 0.264. The van der Waals surface area contributed by atoms with Gasteiger partial charge in [0, 0.05) is 5.69 Å². The number of imide groups is 1. The third-order valence-electron chi connectivity index (χ3n) is 5.84. The van der Waals surface area contributed by atoms with Gasteiger partial charge in [-0.3, -0.25) is 19.3 Å². The summed E-state index contributed by atoms with van der Waals surface area (Å²) in [5, 5.41) is 2.65. The van der Waals surface area contributed by atoms with Crippen LogP contribution in [0.25, 0.3) is 0 Å². The van der Waals surface area contributed by atoms with Crippen molar-refractivity contribution in [3.63, 3.8) is 0 Å². The van der Waals surface area contributed by atoms with E-state index in [0.717, 1.165) is 10.5 Å². The minimum Gasteiger partial charge on any atom is -0.457 e. The first-order chi connectivity index (χ1) is 18.5. The van der Waals surface area contributed by atoms with E-state index in [-0.39, 0.29) is 23.2 Å². The minimum absolute atomic E-state index is 0.0710. The summed E-state index contributed by atoms with van der Waals surface area (Å²) in [6.45, 7) is -0.391. The average Bonchev–Trinajstić information content (AvgIpc) is 3.18. The fourth-order valence-corrected chi connectivity index (χ4v) is 3.97.